The highest BCUT2D eigenvalue weighted by Crippen LogP contribution is 2.20. The van der Waals surface area contributed by atoms with Crippen LogP contribution in [0.15, 0.2) is 48.5 Å². The summed E-state index contributed by atoms with van der Waals surface area (Å²) in [5, 5.41) is 3.20. The molecular formula is C27H36N2O4. The van der Waals surface area contributed by atoms with E-state index < -0.39 is 6.04 Å². The normalized spacial score (nSPS) is 14.9. The summed E-state index contributed by atoms with van der Waals surface area (Å²) >= 11 is 0. The second kappa shape index (κ2) is 12.3. The number of benzene rings is 2. The number of nitrogens with zero attached hydrogens (tertiary/aromatic N) is 1. The molecule has 1 saturated carbocycles. The molecule has 33 heavy (non-hydrogen) atoms. The molecule has 0 aliphatic heterocycles. The highest BCUT2D eigenvalue weighted by Gasteiger charge is 2.30. The maximum Gasteiger partial charge on any atom is 0.261 e. The highest BCUT2D eigenvalue weighted by atomic mass is 16.5. The summed E-state index contributed by atoms with van der Waals surface area (Å²) in [6, 6.07) is 14.8. The zero-order valence-electron chi connectivity index (χ0n) is 20.0. The summed E-state index contributed by atoms with van der Waals surface area (Å²) in [5.74, 6) is 1.10. The van der Waals surface area contributed by atoms with E-state index in [0.29, 0.717) is 18.7 Å². The van der Waals surface area contributed by atoms with Crippen LogP contribution in [0.4, 0.5) is 0 Å². The van der Waals surface area contributed by atoms with Gasteiger partial charge >= 0.3 is 0 Å². The van der Waals surface area contributed by atoms with Crippen LogP contribution in [0.3, 0.4) is 0 Å². The number of ether oxygens (including phenoxy) is 2. The van der Waals surface area contributed by atoms with Gasteiger partial charge in [0.2, 0.25) is 5.91 Å². The molecule has 2 amide bonds. The Morgan fingerprint density at radius 1 is 1.00 bits per heavy atom. The largest absolute Gasteiger partial charge is 0.497 e. The second-order valence-electron chi connectivity index (χ2n) is 8.74. The van der Waals surface area contributed by atoms with E-state index in [2.05, 4.69) is 5.32 Å². The molecule has 6 nitrogen and oxygen atoms in total. The number of rotatable bonds is 10. The first kappa shape index (κ1) is 24.6. The number of methoxy groups -OCH3 is 1. The maximum atomic E-state index is 13.3. The molecule has 1 atom stereocenters. The third kappa shape index (κ3) is 7.24. The van der Waals surface area contributed by atoms with Gasteiger partial charge in [-0.05, 0) is 56.0 Å². The molecule has 1 unspecified atom stereocenters. The van der Waals surface area contributed by atoms with Crippen LogP contribution in [-0.4, -0.2) is 42.5 Å². The van der Waals surface area contributed by atoms with Crippen LogP contribution in [0.5, 0.6) is 11.5 Å². The van der Waals surface area contributed by atoms with Crippen molar-refractivity contribution < 1.29 is 19.1 Å². The lowest BCUT2D eigenvalue weighted by Gasteiger charge is -2.32. The van der Waals surface area contributed by atoms with Crippen molar-refractivity contribution in [1.82, 2.24) is 10.2 Å². The number of amides is 2. The van der Waals surface area contributed by atoms with E-state index >= 15 is 0 Å². The number of hydrogen-bond donors (Lipinski definition) is 1. The van der Waals surface area contributed by atoms with Gasteiger partial charge in [0.25, 0.3) is 5.91 Å². The van der Waals surface area contributed by atoms with Gasteiger partial charge in [-0.1, -0.05) is 56.0 Å². The maximum absolute atomic E-state index is 13.3. The third-order valence-corrected chi connectivity index (χ3v) is 6.23. The van der Waals surface area contributed by atoms with Crippen LogP contribution in [0.1, 0.15) is 56.6 Å². The standard InChI is InChI=1S/C27H36N2O4/c1-4-25(27(31)28-22-8-6-5-7-9-22)29(18-21-12-16-23(32-3)17-13-21)26(30)19-33-24-14-10-20(2)11-15-24/h10-17,22,25H,4-9,18-19H2,1-3H3,(H,28,31). The first-order valence-electron chi connectivity index (χ1n) is 11.9. The van der Waals surface area contributed by atoms with Gasteiger partial charge in [-0.15, -0.1) is 0 Å². The lowest BCUT2D eigenvalue weighted by Crippen LogP contribution is -2.52. The number of hydrogen-bond acceptors (Lipinski definition) is 4. The lowest BCUT2D eigenvalue weighted by atomic mass is 9.95. The van der Waals surface area contributed by atoms with Crippen molar-refractivity contribution in [3.05, 3.63) is 59.7 Å². The minimum Gasteiger partial charge on any atom is -0.497 e. The number of carbonyl (C=O) groups excluding carboxylic acids is 2. The number of nitrogens with one attached hydrogen (secondary N) is 1. The summed E-state index contributed by atoms with van der Waals surface area (Å²) in [7, 11) is 1.62. The van der Waals surface area contributed by atoms with Gasteiger partial charge in [0.1, 0.15) is 17.5 Å². The molecule has 0 aromatic heterocycles. The zero-order chi connectivity index (χ0) is 23.6. The van der Waals surface area contributed by atoms with Gasteiger partial charge in [0, 0.05) is 12.6 Å². The summed E-state index contributed by atoms with van der Waals surface area (Å²) in [5.41, 5.74) is 2.06. The molecule has 178 valence electrons. The summed E-state index contributed by atoms with van der Waals surface area (Å²) in [6.45, 7) is 4.16. The van der Waals surface area contributed by atoms with E-state index in [1.165, 1.54) is 6.42 Å². The Labute approximate surface area is 197 Å². The average molecular weight is 453 g/mol. The smallest absolute Gasteiger partial charge is 0.261 e. The van der Waals surface area contributed by atoms with Crippen molar-refractivity contribution in [2.45, 2.75) is 71.0 Å². The Bertz CT molecular complexity index is 889. The van der Waals surface area contributed by atoms with Crippen LogP contribution in [-0.2, 0) is 16.1 Å². The molecule has 1 aliphatic rings. The van der Waals surface area contributed by atoms with Crippen molar-refractivity contribution in [2.75, 3.05) is 13.7 Å². The van der Waals surface area contributed by atoms with Gasteiger partial charge in [0.05, 0.1) is 7.11 Å². The fourth-order valence-corrected chi connectivity index (χ4v) is 4.25. The Morgan fingerprint density at radius 3 is 2.24 bits per heavy atom. The van der Waals surface area contributed by atoms with Crippen LogP contribution in [0, 0.1) is 6.92 Å². The molecule has 0 heterocycles. The minimum absolute atomic E-state index is 0.0819. The Hall–Kier alpha value is -3.02. The molecule has 0 saturated heterocycles. The minimum atomic E-state index is -0.553. The number of carbonyl (C=O) groups is 2. The van der Waals surface area contributed by atoms with Gasteiger partial charge in [0.15, 0.2) is 6.61 Å². The molecule has 0 radical (unpaired) electrons. The van der Waals surface area contributed by atoms with Crippen LogP contribution in [0.25, 0.3) is 0 Å². The molecule has 0 bridgehead atoms. The van der Waals surface area contributed by atoms with E-state index in [-0.39, 0.29) is 24.5 Å². The van der Waals surface area contributed by atoms with E-state index in [0.717, 1.165) is 42.6 Å². The molecule has 1 fully saturated rings. The Morgan fingerprint density at radius 2 is 1.64 bits per heavy atom. The monoisotopic (exact) mass is 452 g/mol. The van der Waals surface area contributed by atoms with Crippen LogP contribution >= 0.6 is 0 Å². The van der Waals surface area contributed by atoms with Gasteiger partial charge in [-0.25, -0.2) is 0 Å². The van der Waals surface area contributed by atoms with Crippen molar-refractivity contribution in [3.8, 4) is 11.5 Å². The highest BCUT2D eigenvalue weighted by molar-refractivity contribution is 5.88. The Kier molecular flexibility index (Phi) is 9.16. The molecule has 1 aliphatic carbocycles. The van der Waals surface area contributed by atoms with Gasteiger partial charge in [-0.3, -0.25) is 9.59 Å². The Balaban J connectivity index is 1.74. The first-order valence-corrected chi connectivity index (χ1v) is 11.9. The molecule has 3 rings (SSSR count). The second-order valence-corrected chi connectivity index (χ2v) is 8.74. The van der Waals surface area contributed by atoms with Gasteiger partial charge < -0.3 is 19.7 Å². The summed E-state index contributed by atoms with van der Waals surface area (Å²) in [6.07, 6.45) is 6.05. The van der Waals surface area contributed by atoms with Crippen LogP contribution < -0.4 is 14.8 Å². The molecule has 0 spiro atoms. The fraction of sp³-hybridized carbons (Fsp3) is 0.481. The predicted molar refractivity (Wildman–Crippen MR) is 129 cm³/mol. The third-order valence-electron chi connectivity index (χ3n) is 6.23. The van der Waals surface area contributed by atoms with Crippen molar-refractivity contribution in [3.63, 3.8) is 0 Å². The summed E-state index contributed by atoms with van der Waals surface area (Å²) < 4.78 is 11.0. The quantitative estimate of drug-likeness (QED) is 0.570. The first-order chi connectivity index (χ1) is 16.0. The van der Waals surface area contributed by atoms with Crippen molar-refractivity contribution in [1.29, 1.82) is 0 Å². The lowest BCUT2D eigenvalue weighted by molar-refractivity contribution is -0.143. The van der Waals surface area contributed by atoms with Crippen LogP contribution in [0.2, 0.25) is 0 Å². The van der Waals surface area contributed by atoms with E-state index in [4.69, 9.17) is 9.47 Å². The SMILES string of the molecule is CCC(C(=O)NC1CCCCC1)N(Cc1ccc(OC)cc1)C(=O)COc1ccc(C)cc1. The average Bonchev–Trinajstić information content (AvgIpc) is 2.84. The molecular weight excluding hydrogens is 416 g/mol. The molecule has 1 N–H and O–H groups in total. The molecule has 6 heteroatoms. The van der Waals surface area contributed by atoms with E-state index in [1.54, 1.807) is 12.0 Å². The molecule has 2 aromatic rings. The van der Waals surface area contributed by atoms with E-state index in [1.807, 2.05) is 62.4 Å². The number of aryl methyl sites for hydroxylation is 1. The van der Waals surface area contributed by atoms with Crippen molar-refractivity contribution in [2.24, 2.45) is 0 Å². The van der Waals surface area contributed by atoms with Gasteiger partial charge in [-0.2, -0.15) is 0 Å². The van der Waals surface area contributed by atoms with Crippen molar-refractivity contribution >= 4 is 11.8 Å². The zero-order valence-corrected chi connectivity index (χ0v) is 20.0. The molecule has 2 aromatic carbocycles. The summed E-state index contributed by atoms with van der Waals surface area (Å²) in [4.78, 5) is 28.2. The topological polar surface area (TPSA) is 67.9 Å². The fourth-order valence-electron chi connectivity index (χ4n) is 4.25. The predicted octanol–water partition coefficient (Wildman–Crippen LogP) is 4.64. The van der Waals surface area contributed by atoms with E-state index in [9.17, 15) is 9.59 Å².